The first-order chi connectivity index (χ1) is 12.2. The number of imidazole rings is 1. The molecule has 3 heterocycles. The second-order valence-electron chi connectivity index (χ2n) is 7.70. The number of aromatic nitrogens is 2. The number of nitrogens with zero attached hydrogens (tertiary/aromatic N) is 3. The molecule has 4 rings (SSSR count). The van der Waals surface area contributed by atoms with Gasteiger partial charge in [0, 0.05) is 25.7 Å². The molecule has 5 nitrogen and oxygen atoms in total. The van der Waals surface area contributed by atoms with Gasteiger partial charge in [-0.1, -0.05) is 0 Å². The second-order valence-corrected chi connectivity index (χ2v) is 7.70. The van der Waals surface area contributed by atoms with E-state index in [4.69, 9.17) is 0 Å². The highest BCUT2D eigenvalue weighted by atomic mass is 16.3. The molecule has 2 saturated heterocycles. The predicted octanol–water partition coefficient (Wildman–Crippen LogP) is 2.84. The molecule has 2 N–H and O–H groups in total. The number of aliphatic hydroxyl groups excluding tert-OH is 1. The van der Waals surface area contributed by atoms with Gasteiger partial charge >= 0.3 is 0 Å². The van der Waals surface area contributed by atoms with Gasteiger partial charge in [0.15, 0.2) is 0 Å². The molecule has 2 atom stereocenters. The molecule has 25 heavy (non-hydrogen) atoms. The Kier molecular flexibility index (Phi) is 4.95. The largest absolute Gasteiger partial charge is 0.392 e. The van der Waals surface area contributed by atoms with Gasteiger partial charge in [0.05, 0.1) is 29.2 Å². The lowest BCUT2D eigenvalue weighted by atomic mass is 9.97. The van der Waals surface area contributed by atoms with E-state index < -0.39 is 0 Å². The quantitative estimate of drug-likeness (QED) is 0.877. The standard InChI is InChI=1S/C20H30N4O/c1-15-12-17-20(18(13-15)23-9-2-3-10-23)24(14-22-17)11-5-6-16-19(25)7-4-8-21-16/h12-14,16,19,21,25H,2-11H2,1H3/t16-,19+/m1/s1. The third-order valence-electron chi connectivity index (χ3n) is 5.75. The molecule has 1 aromatic carbocycles. The first-order valence-corrected chi connectivity index (χ1v) is 9.84. The van der Waals surface area contributed by atoms with Crippen LogP contribution in [-0.4, -0.2) is 46.4 Å². The third-order valence-corrected chi connectivity index (χ3v) is 5.75. The van der Waals surface area contributed by atoms with E-state index in [1.807, 2.05) is 6.33 Å². The van der Waals surface area contributed by atoms with Crippen molar-refractivity contribution in [1.82, 2.24) is 14.9 Å². The summed E-state index contributed by atoms with van der Waals surface area (Å²) in [5.74, 6) is 0. The molecule has 2 aliphatic rings. The van der Waals surface area contributed by atoms with Crippen LogP contribution >= 0.6 is 0 Å². The summed E-state index contributed by atoms with van der Waals surface area (Å²) < 4.78 is 2.32. The van der Waals surface area contributed by atoms with Crippen LogP contribution in [0.15, 0.2) is 18.5 Å². The fraction of sp³-hybridized carbons (Fsp3) is 0.650. The van der Waals surface area contributed by atoms with Gasteiger partial charge in [-0.25, -0.2) is 4.98 Å². The van der Waals surface area contributed by atoms with Gasteiger partial charge in [0.25, 0.3) is 0 Å². The Morgan fingerprint density at radius 2 is 2.08 bits per heavy atom. The molecule has 0 spiro atoms. The van der Waals surface area contributed by atoms with Crippen LogP contribution < -0.4 is 10.2 Å². The normalized spacial score (nSPS) is 24.3. The monoisotopic (exact) mass is 342 g/mol. The van der Waals surface area contributed by atoms with E-state index in [0.717, 1.165) is 57.4 Å². The molecule has 0 bridgehead atoms. The molecular formula is C20H30N4O. The van der Waals surface area contributed by atoms with E-state index in [-0.39, 0.29) is 12.1 Å². The van der Waals surface area contributed by atoms with Crippen LogP contribution in [0.1, 0.15) is 44.1 Å². The molecule has 5 heteroatoms. The van der Waals surface area contributed by atoms with E-state index in [1.54, 1.807) is 0 Å². The van der Waals surface area contributed by atoms with Gasteiger partial charge in [0.2, 0.25) is 0 Å². The number of hydrogen-bond acceptors (Lipinski definition) is 4. The fourth-order valence-corrected chi connectivity index (χ4v) is 4.40. The highest BCUT2D eigenvalue weighted by Crippen LogP contribution is 2.31. The maximum atomic E-state index is 10.1. The minimum Gasteiger partial charge on any atom is -0.392 e. The summed E-state index contributed by atoms with van der Waals surface area (Å²) in [6, 6.07) is 4.76. The van der Waals surface area contributed by atoms with E-state index in [1.165, 1.54) is 29.6 Å². The molecule has 2 fully saturated rings. The molecule has 0 amide bonds. The number of hydrogen-bond donors (Lipinski definition) is 2. The smallest absolute Gasteiger partial charge is 0.0958 e. The number of anilines is 1. The number of nitrogens with one attached hydrogen (secondary N) is 1. The maximum Gasteiger partial charge on any atom is 0.0958 e. The average Bonchev–Trinajstić information content (AvgIpc) is 3.26. The average molecular weight is 342 g/mol. The highest BCUT2D eigenvalue weighted by Gasteiger charge is 2.22. The van der Waals surface area contributed by atoms with Crippen LogP contribution in [0.4, 0.5) is 5.69 Å². The molecule has 0 radical (unpaired) electrons. The number of aliphatic hydroxyl groups is 1. The Bertz CT molecular complexity index is 720. The lowest BCUT2D eigenvalue weighted by Gasteiger charge is -2.29. The molecule has 0 aliphatic carbocycles. The number of rotatable bonds is 5. The van der Waals surface area contributed by atoms with E-state index >= 15 is 0 Å². The number of aryl methyl sites for hydroxylation is 2. The summed E-state index contributed by atoms with van der Waals surface area (Å²) in [4.78, 5) is 7.18. The first-order valence-electron chi connectivity index (χ1n) is 9.84. The lowest BCUT2D eigenvalue weighted by molar-refractivity contribution is 0.0909. The van der Waals surface area contributed by atoms with Gasteiger partial charge < -0.3 is 19.9 Å². The van der Waals surface area contributed by atoms with Crippen LogP contribution in [0.3, 0.4) is 0 Å². The molecule has 2 aliphatic heterocycles. The summed E-state index contributed by atoms with van der Waals surface area (Å²) in [5.41, 5.74) is 5.03. The molecule has 2 aromatic rings. The summed E-state index contributed by atoms with van der Waals surface area (Å²) in [7, 11) is 0. The van der Waals surface area contributed by atoms with Crippen molar-refractivity contribution >= 4 is 16.7 Å². The summed E-state index contributed by atoms with van der Waals surface area (Å²) >= 11 is 0. The van der Waals surface area contributed by atoms with Crippen molar-refractivity contribution in [2.75, 3.05) is 24.5 Å². The topological polar surface area (TPSA) is 53.3 Å². The van der Waals surface area contributed by atoms with Gasteiger partial charge in [-0.3, -0.25) is 0 Å². The molecular weight excluding hydrogens is 312 g/mol. The van der Waals surface area contributed by atoms with Crippen LogP contribution in [0.25, 0.3) is 11.0 Å². The van der Waals surface area contributed by atoms with Crippen LogP contribution in [0.2, 0.25) is 0 Å². The Morgan fingerprint density at radius 1 is 1.24 bits per heavy atom. The predicted molar refractivity (Wildman–Crippen MR) is 102 cm³/mol. The van der Waals surface area contributed by atoms with Crippen molar-refractivity contribution in [3.05, 3.63) is 24.0 Å². The zero-order valence-corrected chi connectivity index (χ0v) is 15.2. The van der Waals surface area contributed by atoms with Gasteiger partial charge in [0.1, 0.15) is 0 Å². The van der Waals surface area contributed by atoms with Crippen molar-refractivity contribution in [2.45, 2.75) is 64.1 Å². The van der Waals surface area contributed by atoms with Crippen molar-refractivity contribution in [2.24, 2.45) is 0 Å². The van der Waals surface area contributed by atoms with Crippen molar-refractivity contribution < 1.29 is 5.11 Å². The molecule has 0 unspecified atom stereocenters. The Labute approximate surface area is 150 Å². The Hall–Kier alpha value is -1.59. The van der Waals surface area contributed by atoms with Crippen molar-refractivity contribution in [3.63, 3.8) is 0 Å². The van der Waals surface area contributed by atoms with Crippen LogP contribution in [0, 0.1) is 6.92 Å². The molecule has 1 aromatic heterocycles. The van der Waals surface area contributed by atoms with Crippen molar-refractivity contribution in [1.29, 1.82) is 0 Å². The van der Waals surface area contributed by atoms with E-state index in [9.17, 15) is 5.11 Å². The zero-order chi connectivity index (χ0) is 17.2. The minimum absolute atomic E-state index is 0.184. The van der Waals surface area contributed by atoms with Crippen molar-refractivity contribution in [3.8, 4) is 0 Å². The maximum absolute atomic E-state index is 10.1. The first kappa shape index (κ1) is 16.9. The van der Waals surface area contributed by atoms with Crippen LogP contribution in [-0.2, 0) is 6.54 Å². The van der Waals surface area contributed by atoms with Gasteiger partial charge in [-0.2, -0.15) is 0 Å². The summed E-state index contributed by atoms with van der Waals surface area (Å²) in [6.07, 6.45) is 8.49. The number of benzene rings is 1. The van der Waals surface area contributed by atoms with Crippen LogP contribution in [0.5, 0.6) is 0 Å². The number of piperidine rings is 1. The minimum atomic E-state index is -0.184. The highest BCUT2D eigenvalue weighted by molar-refractivity contribution is 5.90. The van der Waals surface area contributed by atoms with E-state index in [0.29, 0.717) is 0 Å². The summed E-state index contributed by atoms with van der Waals surface area (Å²) in [5, 5.41) is 13.6. The fourth-order valence-electron chi connectivity index (χ4n) is 4.40. The van der Waals surface area contributed by atoms with Gasteiger partial charge in [-0.05, 0) is 69.7 Å². The SMILES string of the molecule is Cc1cc(N2CCCC2)c2c(c1)ncn2CCC[C@H]1NCCC[C@@H]1O. The lowest BCUT2D eigenvalue weighted by Crippen LogP contribution is -2.44. The Balaban J connectivity index is 1.51. The zero-order valence-electron chi connectivity index (χ0n) is 15.2. The van der Waals surface area contributed by atoms with E-state index in [2.05, 4.69) is 38.8 Å². The molecule has 0 saturated carbocycles. The third kappa shape index (κ3) is 3.53. The number of fused-ring (bicyclic) bond motifs is 1. The second kappa shape index (κ2) is 7.34. The van der Waals surface area contributed by atoms with Gasteiger partial charge in [-0.15, -0.1) is 0 Å². The Morgan fingerprint density at radius 3 is 2.88 bits per heavy atom. The summed E-state index contributed by atoms with van der Waals surface area (Å²) in [6.45, 7) is 6.47. The molecule has 136 valence electrons.